The Hall–Kier alpha value is -1.09. The highest BCUT2D eigenvalue weighted by Gasteiger charge is 2.37. The molecule has 0 N–H and O–H groups in total. The smallest absolute Gasteiger partial charge is 0.212 e. The molecule has 0 spiro atoms. The first-order chi connectivity index (χ1) is 15.4. The number of hydrogen-bond donors (Lipinski definition) is 0. The summed E-state index contributed by atoms with van der Waals surface area (Å²) in [6.45, 7) is 1.41. The van der Waals surface area contributed by atoms with Gasteiger partial charge < -0.3 is 0 Å². The lowest BCUT2D eigenvalue weighted by Gasteiger charge is -2.33. The molecule has 0 radical (unpaired) electrons. The fraction of sp³-hybridized carbons (Fsp3) is 0.731. The maximum absolute atomic E-state index is 13.1. The van der Waals surface area contributed by atoms with Crippen molar-refractivity contribution < 1.29 is 8.42 Å². The van der Waals surface area contributed by atoms with Crippen LogP contribution in [0.1, 0.15) is 81.8 Å². The molecule has 32 heavy (non-hydrogen) atoms. The van der Waals surface area contributed by atoms with Crippen LogP contribution < -0.4 is 0 Å². The topological polar surface area (TPSA) is 61.2 Å². The van der Waals surface area contributed by atoms with Crippen LogP contribution in [-0.2, 0) is 16.4 Å². The van der Waals surface area contributed by atoms with Gasteiger partial charge in [-0.1, -0.05) is 56.2 Å². The quantitative estimate of drug-likeness (QED) is 0.427. The third-order valence-corrected chi connectivity index (χ3v) is 10.6. The molecular formula is C26H37ClN2O2S. The molecule has 1 heterocycles. The van der Waals surface area contributed by atoms with E-state index in [1.165, 1.54) is 50.5 Å². The van der Waals surface area contributed by atoms with Gasteiger partial charge in [0.05, 0.1) is 16.3 Å². The summed E-state index contributed by atoms with van der Waals surface area (Å²) in [7, 11) is -3.14. The molecule has 2 atom stereocenters. The van der Waals surface area contributed by atoms with Crippen LogP contribution in [0.15, 0.2) is 18.2 Å². The van der Waals surface area contributed by atoms with Gasteiger partial charge in [0, 0.05) is 13.1 Å². The molecule has 176 valence electrons. The largest absolute Gasteiger partial charge is 0.214 e. The minimum absolute atomic E-state index is 0.358. The predicted octanol–water partition coefficient (Wildman–Crippen LogP) is 6.18. The van der Waals surface area contributed by atoms with Crippen LogP contribution in [0.25, 0.3) is 0 Å². The molecule has 1 aromatic carbocycles. The van der Waals surface area contributed by atoms with Crippen molar-refractivity contribution in [2.45, 2.75) is 77.0 Å². The van der Waals surface area contributed by atoms with Crippen molar-refractivity contribution in [3.05, 3.63) is 34.3 Å². The highest BCUT2D eigenvalue weighted by Crippen LogP contribution is 2.40. The Kier molecular flexibility index (Phi) is 8.18. The predicted molar refractivity (Wildman–Crippen MR) is 130 cm³/mol. The van der Waals surface area contributed by atoms with Crippen molar-refractivity contribution in [2.24, 2.45) is 23.7 Å². The van der Waals surface area contributed by atoms with E-state index in [0.717, 1.165) is 38.0 Å². The highest BCUT2D eigenvalue weighted by molar-refractivity contribution is 7.89. The van der Waals surface area contributed by atoms with Crippen LogP contribution in [-0.4, -0.2) is 31.6 Å². The molecule has 4 nitrogen and oxygen atoms in total. The molecule has 1 aromatic rings. The molecule has 6 heteroatoms. The lowest BCUT2D eigenvalue weighted by Crippen LogP contribution is -2.35. The van der Waals surface area contributed by atoms with Gasteiger partial charge in [-0.15, -0.1) is 0 Å². The van der Waals surface area contributed by atoms with Gasteiger partial charge in [0.1, 0.15) is 6.07 Å². The summed E-state index contributed by atoms with van der Waals surface area (Å²) < 4.78 is 28.1. The molecule has 0 bridgehead atoms. The third-order valence-electron chi connectivity index (χ3n) is 8.24. The number of benzene rings is 1. The second-order valence-corrected chi connectivity index (χ2v) is 12.9. The van der Waals surface area contributed by atoms with Crippen molar-refractivity contribution in [3.63, 3.8) is 0 Å². The molecule has 1 aliphatic heterocycles. The van der Waals surface area contributed by atoms with Crippen LogP contribution in [0.2, 0.25) is 5.02 Å². The molecule has 2 aliphatic carbocycles. The van der Waals surface area contributed by atoms with E-state index in [1.807, 2.05) is 22.5 Å². The Morgan fingerprint density at radius 1 is 1.06 bits per heavy atom. The molecule has 4 rings (SSSR count). The Labute approximate surface area is 199 Å². The zero-order valence-electron chi connectivity index (χ0n) is 19.1. The van der Waals surface area contributed by atoms with E-state index in [1.54, 1.807) is 0 Å². The summed E-state index contributed by atoms with van der Waals surface area (Å²) in [5, 5.41) is 9.64. The second kappa shape index (κ2) is 10.9. The van der Waals surface area contributed by atoms with Crippen molar-refractivity contribution in [1.82, 2.24) is 4.31 Å². The van der Waals surface area contributed by atoms with Crippen molar-refractivity contribution >= 4 is 21.6 Å². The highest BCUT2D eigenvalue weighted by atomic mass is 35.5. The molecule has 1 unspecified atom stereocenters. The number of rotatable bonds is 9. The van der Waals surface area contributed by atoms with E-state index < -0.39 is 10.0 Å². The van der Waals surface area contributed by atoms with Crippen LogP contribution in [0, 0.1) is 35.0 Å². The average Bonchev–Trinajstić information content (AvgIpc) is 3.24. The molecule has 3 aliphatic rings. The molecular weight excluding hydrogens is 440 g/mol. The summed E-state index contributed by atoms with van der Waals surface area (Å²) in [6.07, 6.45) is 14.0. The fourth-order valence-corrected chi connectivity index (χ4v) is 8.20. The zero-order valence-corrected chi connectivity index (χ0v) is 20.7. The van der Waals surface area contributed by atoms with E-state index >= 15 is 0 Å². The van der Waals surface area contributed by atoms with E-state index in [2.05, 4.69) is 6.07 Å². The number of halogens is 1. The maximum atomic E-state index is 13.1. The first-order valence-electron chi connectivity index (χ1n) is 12.6. The molecule has 1 saturated heterocycles. The van der Waals surface area contributed by atoms with E-state index in [-0.39, 0.29) is 0 Å². The van der Waals surface area contributed by atoms with Crippen LogP contribution in [0.4, 0.5) is 0 Å². The van der Waals surface area contributed by atoms with Gasteiger partial charge in [-0.3, -0.25) is 0 Å². The lowest BCUT2D eigenvalue weighted by molar-refractivity contribution is 0.197. The zero-order chi connectivity index (χ0) is 22.6. The van der Waals surface area contributed by atoms with E-state index in [0.29, 0.717) is 47.2 Å². The third kappa shape index (κ3) is 6.07. The number of nitrogens with zero attached hydrogens (tertiary/aromatic N) is 2. The minimum atomic E-state index is -3.14. The normalized spacial score (nSPS) is 24.2. The van der Waals surface area contributed by atoms with Gasteiger partial charge in [0.15, 0.2) is 0 Å². The van der Waals surface area contributed by atoms with Crippen molar-refractivity contribution in [1.29, 1.82) is 5.26 Å². The molecule has 3 fully saturated rings. The maximum Gasteiger partial charge on any atom is 0.214 e. The van der Waals surface area contributed by atoms with Crippen molar-refractivity contribution in [3.8, 4) is 6.07 Å². The lowest BCUT2D eigenvalue weighted by atomic mass is 9.73. The Morgan fingerprint density at radius 3 is 2.47 bits per heavy atom. The van der Waals surface area contributed by atoms with E-state index in [4.69, 9.17) is 16.9 Å². The minimum Gasteiger partial charge on any atom is -0.212 e. The van der Waals surface area contributed by atoms with Gasteiger partial charge in [0.2, 0.25) is 10.0 Å². The number of nitriles is 1. The van der Waals surface area contributed by atoms with Gasteiger partial charge in [-0.05, 0) is 79.9 Å². The number of sulfonamides is 1. The van der Waals surface area contributed by atoms with Gasteiger partial charge in [0.25, 0.3) is 0 Å². The fourth-order valence-electron chi connectivity index (χ4n) is 6.01. The summed E-state index contributed by atoms with van der Waals surface area (Å²) >= 11 is 6.24. The average molecular weight is 477 g/mol. The Balaban J connectivity index is 1.37. The summed E-state index contributed by atoms with van der Waals surface area (Å²) in [5.74, 6) is 2.56. The van der Waals surface area contributed by atoms with Crippen molar-refractivity contribution in [2.75, 3.05) is 18.8 Å². The summed E-state index contributed by atoms with van der Waals surface area (Å²) in [5.41, 5.74) is 1.70. The summed E-state index contributed by atoms with van der Waals surface area (Å²) in [4.78, 5) is 0. The monoisotopic (exact) mass is 476 g/mol. The van der Waals surface area contributed by atoms with Crippen LogP contribution in [0.5, 0.6) is 0 Å². The SMILES string of the molecule is N#Cc1ccc(CC[C@@H](CC2CCC2)C2CCN(S(=O)(=O)CC3CCCCC3)C2)cc1Cl. The number of hydrogen-bond acceptors (Lipinski definition) is 3. The molecule has 2 saturated carbocycles. The number of aryl methyl sites for hydroxylation is 1. The second-order valence-electron chi connectivity index (χ2n) is 10.4. The first kappa shape index (κ1) is 24.0. The van der Waals surface area contributed by atoms with Crippen LogP contribution in [0.3, 0.4) is 0 Å². The van der Waals surface area contributed by atoms with E-state index in [9.17, 15) is 8.42 Å². The Bertz CT molecular complexity index is 916. The molecule has 0 aromatic heterocycles. The van der Waals surface area contributed by atoms with Gasteiger partial charge in [-0.25, -0.2) is 12.7 Å². The van der Waals surface area contributed by atoms with Crippen LogP contribution >= 0.6 is 11.6 Å². The van der Waals surface area contributed by atoms with Gasteiger partial charge >= 0.3 is 0 Å². The standard InChI is InChI=1S/C26H37ClN2O2S/c27-26-16-21(10-12-24(26)17-28)9-11-23(15-20-7-4-8-20)25-13-14-29(18-25)32(30,31)19-22-5-2-1-3-6-22/h10,12,16,20,22-23,25H,1-9,11,13-15,18-19H2/t23-,25?/m0/s1. The molecule has 0 amide bonds. The summed E-state index contributed by atoms with van der Waals surface area (Å²) in [6, 6.07) is 7.88. The van der Waals surface area contributed by atoms with Gasteiger partial charge in [-0.2, -0.15) is 5.26 Å². The first-order valence-corrected chi connectivity index (χ1v) is 14.6. The Morgan fingerprint density at radius 2 is 1.81 bits per heavy atom.